The van der Waals surface area contributed by atoms with E-state index < -0.39 is 11.5 Å². The Morgan fingerprint density at radius 2 is 2.10 bits per heavy atom. The molecule has 1 rings (SSSR count). The van der Waals surface area contributed by atoms with Crippen LogP contribution in [0.1, 0.15) is 46.0 Å². The van der Waals surface area contributed by atoms with E-state index in [1.165, 1.54) is 0 Å². The Bertz CT molecular complexity index is 370. The second kappa shape index (κ2) is 7.31. The van der Waals surface area contributed by atoms with Crippen molar-refractivity contribution in [3.63, 3.8) is 0 Å². The van der Waals surface area contributed by atoms with Crippen LogP contribution >= 0.6 is 0 Å². The Hall–Kier alpha value is -1.52. The highest BCUT2D eigenvalue weighted by Crippen LogP contribution is 2.34. The summed E-state index contributed by atoms with van der Waals surface area (Å²) in [4.78, 5) is 27.6. The van der Waals surface area contributed by atoms with Crippen molar-refractivity contribution in [3.05, 3.63) is 12.7 Å². The van der Waals surface area contributed by atoms with E-state index in [1.54, 1.807) is 15.9 Å². The van der Waals surface area contributed by atoms with Crippen LogP contribution in [0.25, 0.3) is 0 Å². The number of carboxylic acid groups (broad SMARTS) is 1. The highest BCUT2D eigenvalue weighted by Gasteiger charge is 2.50. The van der Waals surface area contributed by atoms with Crippen LogP contribution in [0, 0.1) is 0 Å². The molecule has 5 heteroatoms. The first-order valence-electron chi connectivity index (χ1n) is 7.44. The Morgan fingerprint density at radius 3 is 2.60 bits per heavy atom. The van der Waals surface area contributed by atoms with Gasteiger partial charge in [-0.2, -0.15) is 0 Å². The average molecular weight is 282 g/mol. The zero-order valence-corrected chi connectivity index (χ0v) is 12.6. The van der Waals surface area contributed by atoms with E-state index in [4.69, 9.17) is 0 Å². The number of amides is 2. The molecule has 1 unspecified atom stereocenters. The van der Waals surface area contributed by atoms with Gasteiger partial charge in [-0.3, -0.25) is 0 Å². The number of hydrogen-bond donors (Lipinski definition) is 1. The molecule has 0 bridgehead atoms. The van der Waals surface area contributed by atoms with Crippen LogP contribution in [0.15, 0.2) is 12.7 Å². The lowest BCUT2D eigenvalue weighted by Gasteiger charge is -2.37. The van der Waals surface area contributed by atoms with Gasteiger partial charge in [0.25, 0.3) is 0 Å². The molecule has 0 aliphatic carbocycles. The van der Waals surface area contributed by atoms with Gasteiger partial charge >= 0.3 is 12.0 Å². The number of likely N-dealkylation sites (tertiary alicyclic amines) is 1. The highest BCUT2D eigenvalue weighted by atomic mass is 16.4. The van der Waals surface area contributed by atoms with Gasteiger partial charge in [0, 0.05) is 19.6 Å². The molecule has 0 aromatic carbocycles. The summed E-state index contributed by atoms with van der Waals surface area (Å²) >= 11 is 0. The molecular weight excluding hydrogens is 256 g/mol. The predicted molar refractivity (Wildman–Crippen MR) is 78.7 cm³/mol. The topological polar surface area (TPSA) is 60.9 Å². The third-order valence-corrected chi connectivity index (χ3v) is 3.89. The van der Waals surface area contributed by atoms with Gasteiger partial charge in [0.2, 0.25) is 0 Å². The minimum absolute atomic E-state index is 0.167. The summed E-state index contributed by atoms with van der Waals surface area (Å²) in [5, 5.41) is 9.62. The number of nitrogens with zero attached hydrogens (tertiary/aromatic N) is 2. The lowest BCUT2D eigenvalue weighted by Crippen LogP contribution is -2.56. The normalized spacial score (nSPS) is 21.8. The minimum Gasteiger partial charge on any atom is -0.479 e. The van der Waals surface area contributed by atoms with Crippen LogP contribution in [0.2, 0.25) is 0 Å². The van der Waals surface area contributed by atoms with E-state index in [-0.39, 0.29) is 6.03 Å². The third kappa shape index (κ3) is 3.14. The lowest BCUT2D eigenvalue weighted by molar-refractivity contribution is -0.148. The average Bonchev–Trinajstić information content (AvgIpc) is 2.83. The summed E-state index contributed by atoms with van der Waals surface area (Å²) < 4.78 is 0. The first-order valence-corrected chi connectivity index (χ1v) is 7.44. The summed E-state index contributed by atoms with van der Waals surface area (Å²) in [6.45, 7) is 9.25. The third-order valence-electron chi connectivity index (χ3n) is 3.89. The Balaban J connectivity index is 2.98. The second-order valence-corrected chi connectivity index (χ2v) is 5.36. The number of carboxylic acids is 1. The van der Waals surface area contributed by atoms with Crippen LogP contribution in [-0.4, -0.2) is 52.1 Å². The maximum atomic E-state index is 12.7. The molecule has 0 aromatic heterocycles. The fourth-order valence-electron chi connectivity index (χ4n) is 3.02. The number of rotatable bonds is 7. The lowest BCUT2D eigenvalue weighted by atomic mass is 9.91. The molecule has 1 atom stereocenters. The molecule has 1 saturated heterocycles. The summed E-state index contributed by atoms with van der Waals surface area (Å²) in [7, 11) is 0. The summed E-state index contributed by atoms with van der Waals surface area (Å²) in [6.07, 6.45) is 5.11. The van der Waals surface area contributed by atoms with Crippen molar-refractivity contribution in [2.45, 2.75) is 51.5 Å². The van der Waals surface area contributed by atoms with E-state index in [0.717, 1.165) is 19.3 Å². The van der Waals surface area contributed by atoms with Crippen LogP contribution in [0.5, 0.6) is 0 Å². The van der Waals surface area contributed by atoms with Crippen LogP contribution in [0.4, 0.5) is 4.79 Å². The molecule has 20 heavy (non-hydrogen) atoms. The van der Waals surface area contributed by atoms with E-state index in [0.29, 0.717) is 32.5 Å². The van der Waals surface area contributed by atoms with Crippen LogP contribution in [-0.2, 0) is 4.79 Å². The molecule has 0 saturated carbocycles. The quantitative estimate of drug-likeness (QED) is 0.730. The van der Waals surface area contributed by atoms with Crippen LogP contribution in [0.3, 0.4) is 0 Å². The van der Waals surface area contributed by atoms with E-state index in [1.807, 2.05) is 13.8 Å². The van der Waals surface area contributed by atoms with Crippen molar-refractivity contribution in [2.75, 3.05) is 19.6 Å². The first-order chi connectivity index (χ1) is 9.53. The van der Waals surface area contributed by atoms with Crippen molar-refractivity contribution < 1.29 is 14.7 Å². The molecule has 0 spiro atoms. The SMILES string of the molecule is C=CCN(CCC)C(=O)N1CCCC1(CCC)C(=O)O. The largest absolute Gasteiger partial charge is 0.479 e. The summed E-state index contributed by atoms with van der Waals surface area (Å²) in [5.74, 6) is -0.875. The molecule has 2 amide bonds. The van der Waals surface area contributed by atoms with E-state index in [9.17, 15) is 14.7 Å². The molecule has 1 aliphatic heterocycles. The second-order valence-electron chi connectivity index (χ2n) is 5.36. The van der Waals surface area contributed by atoms with Gasteiger partial charge in [0.05, 0.1) is 0 Å². The van der Waals surface area contributed by atoms with Crippen molar-refractivity contribution in [1.82, 2.24) is 9.80 Å². The maximum Gasteiger partial charge on any atom is 0.329 e. The van der Waals surface area contributed by atoms with E-state index in [2.05, 4.69) is 6.58 Å². The number of carbonyl (C=O) groups excluding carboxylic acids is 1. The van der Waals surface area contributed by atoms with Gasteiger partial charge in [-0.25, -0.2) is 9.59 Å². The number of urea groups is 1. The maximum absolute atomic E-state index is 12.7. The molecule has 1 heterocycles. The van der Waals surface area contributed by atoms with Crippen molar-refractivity contribution in [1.29, 1.82) is 0 Å². The number of hydrogen-bond acceptors (Lipinski definition) is 2. The van der Waals surface area contributed by atoms with Crippen molar-refractivity contribution in [3.8, 4) is 0 Å². The number of aliphatic carboxylic acids is 1. The Morgan fingerprint density at radius 1 is 1.40 bits per heavy atom. The summed E-state index contributed by atoms with van der Waals surface area (Å²) in [6, 6.07) is -0.167. The zero-order valence-electron chi connectivity index (χ0n) is 12.6. The van der Waals surface area contributed by atoms with Gasteiger partial charge in [-0.05, 0) is 25.7 Å². The zero-order chi connectivity index (χ0) is 15.2. The molecule has 1 aliphatic rings. The van der Waals surface area contributed by atoms with Gasteiger partial charge in [-0.15, -0.1) is 6.58 Å². The molecular formula is C15H26N2O3. The smallest absolute Gasteiger partial charge is 0.329 e. The molecule has 1 N–H and O–H groups in total. The molecule has 5 nitrogen and oxygen atoms in total. The summed E-state index contributed by atoms with van der Waals surface area (Å²) in [5.41, 5.74) is -1.01. The van der Waals surface area contributed by atoms with E-state index >= 15 is 0 Å². The fourth-order valence-corrected chi connectivity index (χ4v) is 3.02. The van der Waals surface area contributed by atoms with Crippen LogP contribution < -0.4 is 0 Å². The van der Waals surface area contributed by atoms with Gasteiger partial charge in [0.1, 0.15) is 5.54 Å². The monoisotopic (exact) mass is 282 g/mol. The van der Waals surface area contributed by atoms with Crippen molar-refractivity contribution in [2.24, 2.45) is 0 Å². The molecule has 114 valence electrons. The number of carbonyl (C=O) groups is 2. The van der Waals surface area contributed by atoms with Gasteiger partial charge in [-0.1, -0.05) is 26.3 Å². The molecule has 0 aromatic rings. The fraction of sp³-hybridized carbons (Fsp3) is 0.733. The van der Waals surface area contributed by atoms with Gasteiger partial charge < -0.3 is 14.9 Å². The van der Waals surface area contributed by atoms with Crippen molar-refractivity contribution >= 4 is 12.0 Å². The van der Waals surface area contributed by atoms with Gasteiger partial charge in [0.15, 0.2) is 0 Å². The molecule has 1 fully saturated rings. The highest BCUT2D eigenvalue weighted by molar-refractivity contribution is 5.87. The Kier molecular flexibility index (Phi) is 6.05. The predicted octanol–water partition coefficient (Wildman–Crippen LogP) is 2.72. The minimum atomic E-state index is -1.01. The Labute approximate surface area is 121 Å². The molecule has 0 radical (unpaired) electrons. The first kappa shape index (κ1) is 16.5. The standard InChI is InChI=1S/C15H26N2O3/c1-4-8-15(13(18)19)9-7-12-17(15)14(20)16(10-5-2)11-6-3/h5H,2,4,6-12H2,1,3H3,(H,18,19).